The van der Waals surface area contributed by atoms with Crippen LogP contribution < -0.4 is 9.79 Å². The average Bonchev–Trinajstić information content (AvgIpc) is 3.51. The minimum Gasteiger partial charge on any atom is -0.756 e. The van der Waals surface area contributed by atoms with Gasteiger partial charge in [-0.3, -0.25) is 4.57 Å². The zero-order valence-electron chi connectivity index (χ0n) is 30.3. The Morgan fingerprint density at radius 2 is 1.35 bits per heavy atom. The number of benzene rings is 4. The third-order valence-electron chi connectivity index (χ3n) is 9.99. The number of ether oxygens (including phenoxy) is 5. The lowest BCUT2D eigenvalue weighted by Gasteiger charge is -2.49. The van der Waals surface area contributed by atoms with Crippen LogP contribution in [0.3, 0.4) is 0 Å². The highest BCUT2D eigenvalue weighted by Crippen LogP contribution is 2.50. The molecule has 4 aromatic carbocycles. The summed E-state index contributed by atoms with van der Waals surface area (Å²) in [7, 11) is -3.45. The van der Waals surface area contributed by atoms with Crippen molar-refractivity contribution in [2.24, 2.45) is 0 Å². The maximum Gasteiger partial charge on any atom is 0.268 e. The molecule has 278 valence electrons. The van der Waals surface area contributed by atoms with Crippen LogP contribution in [0.5, 0.6) is 0 Å². The lowest BCUT2D eigenvalue weighted by molar-refractivity contribution is -0.894. The molecule has 0 bridgehead atoms. The number of hydrogen-bond donors (Lipinski definition) is 1. The molecule has 52 heavy (non-hydrogen) atoms. The largest absolute Gasteiger partial charge is 0.756 e. The first-order valence-electron chi connectivity index (χ1n) is 18.2. The van der Waals surface area contributed by atoms with E-state index in [1.54, 1.807) is 4.90 Å². The van der Waals surface area contributed by atoms with Gasteiger partial charge in [0.25, 0.3) is 7.82 Å². The minimum atomic E-state index is -4.92. The molecule has 11 heteroatoms. The van der Waals surface area contributed by atoms with Gasteiger partial charge in [0.1, 0.15) is 24.4 Å². The van der Waals surface area contributed by atoms with E-state index in [1.807, 2.05) is 109 Å². The summed E-state index contributed by atoms with van der Waals surface area (Å²) in [6, 6.07) is 34.9. The first kappa shape index (κ1) is 38.5. The molecule has 0 spiro atoms. The van der Waals surface area contributed by atoms with Crippen molar-refractivity contribution in [1.29, 1.82) is 0 Å². The molecule has 4 aromatic rings. The molecule has 2 heterocycles. The van der Waals surface area contributed by atoms with Crippen LogP contribution in [0.1, 0.15) is 55.2 Å². The molecule has 1 aliphatic carbocycles. The normalized spacial score (nSPS) is 25.0. The molecule has 2 saturated heterocycles. The van der Waals surface area contributed by atoms with Gasteiger partial charge in [-0.25, -0.2) is 0 Å². The van der Waals surface area contributed by atoms with E-state index >= 15 is 0 Å². The van der Waals surface area contributed by atoms with Crippen LogP contribution in [-0.2, 0) is 43.9 Å². The number of rotatable bonds is 13. The quantitative estimate of drug-likeness (QED) is 0.174. The van der Waals surface area contributed by atoms with Crippen LogP contribution in [0.2, 0.25) is 0 Å². The maximum atomic E-state index is 13.7. The van der Waals surface area contributed by atoms with Gasteiger partial charge in [0, 0.05) is 18.6 Å². The number of nitrogens with one attached hydrogen (secondary N) is 1. The Kier molecular flexibility index (Phi) is 13.5. The van der Waals surface area contributed by atoms with E-state index in [-0.39, 0.29) is 25.7 Å². The van der Waals surface area contributed by atoms with E-state index in [1.165, 1.54) is 26.7 Å². The fraction of sp³-hybridized carbons (Fsp3) is 0.415. The lowest BCUT2D eigenvalue weighted by atomic mass is 9.97. The number of methoxy groups -OCH3 is 1. The van der Waals surface area contributed by atoms with Gasteiger partial charge in [-0.15, -0.1) is 0 Å². The SMILES string of the molecule is CC[NH+](CC)CC.CO[C@@H]1O[C@@H]2COC(c3ccccc3)O[C@@H]2[C@H](OP(=O)([O-])OCC2c3ccccc3-c3ccccc32)[C@H]1OCc1ccccc1. The van der Waals surface area contributed by atoms with E-state index in [9.17, 15) is 9.46 Å². The zero-order valence-corrected chi connectivity index (χ0v) is 31.2. The van der Waals surface area contributed by atoms with Crippen LogP contribution in [0, 0.1) is 0 Å². The van der Waals surface area contributed by atoms with Crippen LogP contribution in [0.25, 0.3) is 11.1 Å². The molecule has 2 unspecified atom stereocenters. The summed E-state index contributed by atoms with van der Waals surface area (Å²) in [6.07, 6.45) is -5.37. The molecule has 0 amide bonds. The molecule has 7 rings (SSSR count). The summed E-state index contributed by atoms with van der Waals surface area (Å²) in [4.78, 5) is 15.4. The molecular weight excluding hydrogens is 681 g/mol. The molecule has 2 aliphatic heterocycles. The highest BCUT2D eigenvalue weighted by molar-refractivity contribution is 7.45. The Morgan fingerprint density at radius 1 is 0.769 bits per heavy atom. The van der Waals surface area contributed by atoms with E-state index in [0.717, 1.165) is 33.4 Å². The van der Waals surface area contributed by atoms with Crippen molar-refractivity contribution in [1.82, 2.24) is 0 Å². The molecule has 2 fully saturated rings. The van der Waals surface area contributed by atoms with Crippen LogP contribution in [0.4, 0.5) is 0 Å². The van der Waals surface area contributed by atoms with Gasteiger partial charge >= 0.3 is 0 Å². The Bertz CT molecular complexity index is 1680. The summed E-state index contributed by atoms with van der Waals surface area (Å²) in [6.45, 7) is 10.7. The highest BCUT2D eigenvalue weighted by atomic mass is 31.2. The molecule has 7 atom stereocenters. The molecular formula is C41H50NO9P. The van der Waals surface area contributed by atoms with Crippen molar-refractivity contribution in [3.63, 3.8) is 0 Å². The van der Waals surface area contributed by atoms with Gasteiger partial charge in [-0.05, 0) is 48.6 Å². The second kappa shape index (κ2) is 18.2. The number of fused-ring (bicyclic) bond motifs is 4. The number of hydrogen-bond acceptors (Lipinski definition) is 9. The van der Waals surface area contributed by atoms with Crippen molar-refractivity contribution >= 4 is 7.82 Å². The van der Waals surface area contributed by atoms with Crippen molar-refractivity contribution < 1.29 is 47.1 Å². The third-order valence-corrected chi connectivity index (χ3v) is 11.0. The predicted octanol–water partition coefficient (Wildman–Crippen LogP) is 5.67. The average molecular weight is 732 g/mol. The van der Waals surface area contributed by atoms with Crippen LogP contribution >= 0.6 is 7.82 Å². The summed E-state index contributed by atoms with van der Waals surface area (Å²) >= 11 is 0. The summed E-state index contributed by atoms with van der Waals surface area (Å²) in [5.41, 5.74) is 5.82. The molecule has 0 radical (unpaired) electrons. The van der Waals surface area contributed by atoms with Gasteiger partial charge in [0.2, 0.25) is 0 Å². The van der Waals surface area contributed by atoms with Crippen LogP contribution in [0.15, 0.2) is 109 Å². The molecule has 10 nitrogen and oxygen atoms in total. The first-order chi connectivity index (χ1) is 25.4. The van der Waals surface area contributed by atoms with Gasteiger partial charge < -0.3 is 42.5 Å². The Labute approximate surface area is 307 Å². The standard InChI is InChI=1S/C35H35O9P.C6H15N/c1-38-35-33(39-20-23-12-4-2-5-13-23)32(31-30(42-35)22-40-34(43-31)24-14-6-3-7-15-24)44-45(36,37)41-21-29-27-18-10-8-16-25(27)26-17-9-11-19-28(26)29;1-4-7(5-2)6-3/h2-19,29-35H,20-22H2,1H3,(H,36,37);4-6H2,1-3H3/t30-,31+,32+,33-,34?,35-;/m1./s1. The van der Waals surface area contributed by atoms with Gasteiger partial charge in [0.05, 0.1) is 39.5 Å². The Balaban J connectivity index is 0.000000604. The maximum absolute atomic E-state index is 13.7. The second-order valence-electron chi connectivity index (χ2n) is 13.1. The molecule has 1 N–H and O–H groups in total. The summed E-state index contributed by atoms with van der Waals surface area (Å²) in [5, 5.41) is 0. The number of phosphoric acid groups is 1. The van der Waals surface area contributed by atoms with E-state index < -0.39 is 44.8 Å². The van der Waals surface area contributed by atoms with Gasteiger partial charge in [-0.1, -0.05) is 109 Å². The summed E-state index contributed by atoms with van der Waals surface area (Å²) < 4.78 is 55.7. The van der Waals surface area contributed by atoms with E-state index in [2.05, 4.69) is 20.8 Å². The van der Waals surface area contributed by atoms with Crippen molar-refractivity contribution in [3.8, 4) is 11.1 Å². The van der Waals surface area contributed by atoms with Crippen molar-refractivity contribution in [2.45, 2.75) is 70.3 Å². The highest BCUT2D eigenvalue weighted by Gasteiger charge is 2.53. The van der Waals surface area contributed by atoms with Gasteiger partial charge in [0.15, 0.2) is 12.6 Å². The summed E-state index contributed by atoms with van der Waals surface area (Å²) in [5.74, 6) is -0.274. The monoisotopic (exact) mass is 731 g/mol. The Morgan fingerprint density at radius 3 is 1.92 bits per heavy atom. The van der Waals surface area contributed by atoms with Gasteiger partial charge in [-0.2, -0.15) is 0 Å². The van der Waals surface area contributed by atoms with E-state index in [0.29, 0.717) is 0 Å². The molecule has 3 aliphatic rings. The number of phosphoric ester groups is 1. The second-order valence-corrected chi connectivity index (χ2v) is 14.4. The first-order valence-corrected chi connectivity index (χ1v) is 19.6. The molecule has 0 aromatic heterocycles. The van der Waals surface area contributed by atoms with Crippen LogP contribution in [-0.4, -0.2) is 70.7 Å². The third kappa shape index (κ3) is 9.09. The molecule has 0 saturated carbocycles. The number of quaternary nitrogens is 1. The topological polar surface area (TPSA) is 109 Å². The predicted molar refractivity (Wildman–Crippen MR) is 195 cm³/mol. The fourth-order valence-electron chi connectivity index (χ4n) is 7.11. The fourth-order valence-corrected chi connectivity index (χ4v) is 8.04. The van der Waals surface area contributed by atoms with Crippen molar-refractivity contribution in [2.75, 3.05) is 40.0 Å². The smallest absolute Gasteiger partial charge is 0.268 e. The van der Waals surface area contributed by atoms with E-state index in [4.69, 9.17) is 32.7 Å². The lowest BCUT2D eigenvalue weighted by Crippen LogP contribution is -3.11. The Hall–Kier alpha value is -3.25. The zero-order chi connectivity index (χ0) is 36.5. The minimum absolute atomic E-state index is 0.119. The van der Waals surface area contributed by atoms with Crippen molar-refractivity contribution in [3.05, 3.63) is 131 Å².